The second-order valence-electron chi connectivity index (χ2n) is 11.2. The normalized spacial score (nSPS) is 16.5. The molecule has 5 rings (SSSR count). The number of carbonyl (C=O) groups is 1. The zero-order valence-electron chi connectivity index (χ0n) is 24.0. The molecule has 0 bridgehead atoms. The molecule has 0 radical (unpaired) electrons. The van der Waals surface area contributed by atoms with Crippen LogP contribution in [0.4, 0.5) is 11.4 Å². The Labute approximate surface area is 243 Å². The SMILES string of the molecule is Cc1cc(C)c(C(=O)N2CCN(c3cccnc3S(C)(=O)=O)CC2)cc1CC1CCN(c2ccccc2C#N)CC1. The average molecular weight is 572 g/mol. The van der Waals surface area contributed by atoms with Gasteiger partial charge >= 0.3 is 0 Å². The second-order valence-corrected chi connectivity index (χ2v) is 13.2. The van der Waals surface area contributed by atoms with Gasteiger partial charge in [-0.1, -0.05) is 18.2 Å². The standard InChI is InChI=1S/C32H37N5O3S/c1-23-19-24(2)28(21-27(23)20-25-10-13-35(14-11-25)29-8-5-4-7-26(29)22-33)32(38)37-17-15-36(16-18-37)30-9-6-12-34-31(30)41(3,39)40/h4-9,12,19,21,25H,10-11,13-18,20H2,1-3H3. The predicted molar refractivity (Wildman–Crippen MR) is 161 cm³/mol. The molecule has 214 valence electrons. The quantitative estimate of drug-likeness (QED) is 0.433. The highest BCUT2D eigenvalue weighted by Gasteiger charge is 2.28. The van der Waals surface area contributed by atoms with E-state index in [0.717, 1.165) is 54.7 Å². The highest BCUT2D eigenvalue weighted by molar-refractivity contribution is 7.90. The first kappa shape index (κ1) is 28.6. The molecule has 1 aromatic heterocycles. The van der Waals surface area contributed by atoms with E-state index in [1.165, 1.54) is 23.6 Å². The number of piperidine rings is 1. The number of anilines is 2. The van der Waals surface area contributed by atoms with Gasteiger partial charge in [0.2, 0.25) is 0 Å². The fraction of sp³-hybridized carbons (Fsp3) is 0.406. The lowest BCUT2D eigenvalue weighted by Crippen LogP contribution is -2.49. The summed E-state index contributed by atoms with van der Waals surface area (Å²) in [5, 5.41) is 9.57. The topological polar surface area (TPSA) is 97.6 Å². The molecule has 1 amide bonds. The number of nitrogens with zero attached hydrogens (tertiary/aromatic N) is 5. The van der Waals surface area contributed by atoms with Crippen LogP contribution in [0.5, 0.6) is 0 Å². The Balaban J connectivity index is 1.24. The summed E-state index contributed by atoms with van der Waals surface area (Å²) < 4.78 is 24.5. The van der Waals surface area contributed by atoms with Crippen LogP contribution in [-0.2, 0) is 16.3 Å². The summed E-state index contributed by atoms with van der Waals surface area (Å²) in [4.78, 5) is 24.0. The van der Waals surface area contributed by atoms with E-state index in [9.17, 15) is 18.5 Å². The van der Waals surface area contributed by atoms with Crippen molar-refractivity contribution in [3.63, 3.8) is 0 Å². The van der Waals surface area contributed by atoms with Crippen LogP contribution in [0.2, 0.25) is 0 Å². The maximum Gasteiger partial charge on any atom is 0.254 e. The molecule has 0 spiro atoms. The molecule has 2 aliphatic heterocycles. The second kappa shape index (κ2) is 11.9. The summed E-state index contributed by atoms with van der Waals surface area (Å²) in [6.45, 7) is 8.09. The molecule has 0 unspecified atom stereocenters. The molecule has 0 N–H and O–H groups in total. The lowest BCUT2D eigenvalue weighted by atomic mass is 9.86. The Morgan fingerprint density at radius 1 is 0.927 bits per heavy atom. The third-order valence-electron chi connectivity index (χ3n) is 8.41. The summed E-state index contributed by atoms with van der Waals surface area (Å²) in [6.07, 6.45) is 5.69. The molecule has 2 aliphatic rings. The maximum absolute atomic E-state index is 13.7. The maximum atomic E-state index is 13.7. The first-order chi connectivity index (χ1) is 19.7. The van der Waals surface area contributed by atoms with Crippen molar-refractivity contribution in [2.45, 2.75) is 38.1 Å². The van der Waals surface area contributed by atoms with Crippen LogP contribution in [0.3, 0.4) is 0 Å². The van der Waals surface area contributed by atoms with Crippen LogP contribution in [0.25, 0.3) is 0 Å². The summed E-state index contributed by atoms with van der Waals surface area (Å²) >= 11 is 0. The van der Waals surface area contributed by atoms with E-state index in [2.05, 4.69) is 35.0 Å². The third kappa shape index (κ3) is 6.23. The number of aromatic nitrogens is 1. The van der Waals surface area contributed by atoms with Gasteiger partial charge in [-0.2, -0.15) is 5.26 Å². The van der Waals surface area contributed by atoms with Gasteiger partial charge in [0.25, 0.3) is 5.91 Å². The number of carbonyl (C=O) groups excluding carboxylic acids is 1. The monoisotopic (exact) mass is 571 g/mol. The van der Waals surface area contributed by atoms with Gasteiger partial charge in [0, 0.05) is 57.3 Å². The summed E-state index contributed by atoms with van der Waals surface area (Å²) in [6, 6.07) is 17.9. The molecule has 2 fully saturated rings. The lowest BCUT2D eigenvalue weighted by Gasteiger charge is -2.37. The van der Waals surface area contributed by atoms with Gasteiger partial charge in [-0.3, -0.25) is 4.79 Å². The summed E-state index contributed by atoms with van der Waals surface area (Å²) in [5.74, 6) is 0.553. The van der Waals surface area contributed by atoms with Crippen LogP contribution in [0.1, 0.15) is 45.5 Å². The molecule has 8 nitrogen and oxygen atoms in total. The number of pyridine rings is 1. The van der Waals surface area contributed by atoms with Crippen molar-refractivity contribution in [1.82, 2.24) is 9.88 Å². The number of nitriles is 1. The van der Waals surface area contributed by atoms with Crippen LogP contribution < -0.4 is 9.80 Å². The van der Waals surface area contributed by atoms with Crippen LogP contribution in [0.15, 0.2) is 59.8 Å². The van der Waals surface area contributed by atoms with E-state index >= 15 is 0 Å². The van der Waals surface area contributed by atoms with Gasteiger partial charge in [0.05, 0.1) is 16.9 Å². The van der Waals surface area contributed by atoms with Crippen molar-refractivity contribution in [2.75, 3.05) is 55.3 Å². The third-order valence-corrected chi connectivity index (χ3v) is 9.43. The molecule has 0 saturated carbocycles. The van der Waals surface area contributed by atoms with E-state index < -0.39 is 9.84 Å². The van der Waals surface area contributed by atoms with E-state index in [4.69, 9.17) is 0 Å². The van der Waals surface area contributed by atoms with Gasteiger partial charge in [0.1, 0.15) is 6.07 Å². The number of hydrogen-bond donors (Lipinski definition) is 0. The first-order valence-corrected chi connectivity index (χ1v) is 16.1. The van der Waals surface area contributed by atoms with E-state index in [1.54, 1.807) is 12.1 Å². The summed E-state index contributed by atoms with van der Waals surface area (Å²) in [5.41, 5.74) is 6.50. The largest absolute Gasteiger partial charge is 0.370 e. The predicted octanol–water partition coefficient (Wildman–Crippen LogP) is 4.40. The molecule has 0 aliphatic carbocycles. The minimum Gasteiger partial charge on any atom is -0.370 e. The first-order valence-electron chi connectivity index (χ1n) is 14.2. The number of benzene rings is 2. The van der Waals surface area contributed by atoms with Crippen molar-refractivity contribution in [3.8, 4) is 6.07 Å². The van der Waals surface area contributed by atoms with E-state index in [-0.39, 0.29) is 10.9 Å². The number of rotatable bonds is 6. The van der Waals surface area contributed by atoms with Crippen molar-refractivity contribution in [3.05, 3.63) is 82.5 Å². The highest BCUT2D eigenvalue weighted by Crippen LogP contribution is 2.30. The fourth-order valence-corrected chi connectivity index (χ4v) is 6.94. The molecule has 9 heteroatoms. The van der Waals surface area contributed by atoms with Gasteiger partial charge < -0.3 is 14.7 Å². The smallest absolute Gasteiger partial charge is 0.254 e. The van der Waals surface area contributed by atoms with Crippen molar-refractivity contribution < 1.29 is 13.2 Å². The van der Waals surface area contributed by atoms with Crippen LogP contribution in [0, 0.1) is 31.1 Å². The van der Waals surface area contributed by atoms with Crippen molar-refractivity contribution in [1.29, 1.82) is 5.26 Å². The van der Waals surface area contributed by atoms with Gasteiger partial charge in [-0.05, 0) is 86.1 Å². The Hall–Kier alpha value is -3.90. The van der Waals surface area contributed by atoms with Gasteiger partial charge in [-0.15, -0.1) is 0 Å². The number of para-hydroxylation sites is 1. The molecular formula is C32H37N5O3S. The van der Waals surface area contributed by atoms with E-state index in [1.807, 2.05) is 41.0 Å². The summed E-state index contributed by atoms with van der Waals surface area (Å²) in [7, 11) is -3.45. The van der Waals surface area contributed by atoms with Gasteiger partial charge in [-0.25, -0.2) is 13.4 Å². The number of hydrogen-bond acceptors (Lipinski definition) is 7. The number of amides is 1. The zero-order chi connectivity index (χ0) is 29.1. The fourth-order valence-electron chi connectivity index (χ4n) is 6.11. The van der Waals surface area contributed by atoms with Crippen molar-refractivity contribution in [2.24, 2.45) is 5.92 Å². The van der Waals surface area contributed by atoms with Crippen molar-refractivity contribution >= 4 is 27.1 Å². The zero-order valence-corrected chi connectivity index (χ0v) is 24.8. The lowest BCUT2D eigenvalue weighted by molar-refractivity contribution is 0.0745. The molecule has 3 heterocycles. The minimum absolute atomic E-state index is 0.0286. The molecule has 2 aromatic carbocycles. The Bertz CT molecular complexity index is 1580. The Morgan fingerprint density at radius 2 is 1.59 bits per heavy atom. The minimum atomic E-state index is -3.45. The molecule has 41 heavy (non-hydrogen) atoms. The number of aryl methyl sites for hydroxylation is 2. The number of sulfone groups is 1. The molecular weight excluding hydrogens is 534 g/mol. The molecule has 3 aromatic rings. The van der Waals surface area contributed by atoms with Crippen LogP contribution >= 0.6 is 0 Å². The Kier molecular flexibility index (Phi) is 8.32. The molecule has 0 atom stereocenters. The van der Waals surface area contributed by atoms with Gasteiger partial charge in [0.15, 0.2) is 14.9 Å². The average Bonchev–Trinajstić information content (AvgIpc) is 2.98. The number of piperazine rings is 1. The molecule has 2 saturated heterocycles. The van der Waals surface area contributed by atoms with E-state index in [0.29, 0.717) is 37.8 Å². The Morgan fingerprint density at radius 3 is 2.27 bits per heavy atom. The van der Waals surface area contributed by atoms with Crippen LogP contribution in [-0.4, -0.2) is 69.7 Å². The highest BCUT2D eigenvalue weighted by atomic mass is 32.2.